The van der Waals surface area contributed by atoms with E-state index in [4.69, 9.17) is 4.74 Å². The van der Waals surface area contributed by atoms with Gasteiger partial charge in [-0.05, 0) is 68.3 Å². The van der Waals surface area contributed by atoms with Crippen LogP contribution >= 0.6 is 0 Å². The Labute approximate surface area is 159 Å². The van der Waals surface area contributed by atoms with Gasteiger partial charge in [0.05, 0.1) is 12.2 Å². The highest BCUT2D eigenvalue weighted by atomic mass is 16.5. The first-order chi connectivity index (χ1) is 12.8. The number of carbonyl (C=O) groups excluding carboxylic acids is 3. The van der Waals surface area contributed by atoms with Gasteiger partial charge in [0, 0.05) is 18.3 Å². The lowest BCUT2D eigenvalue weighted by Crippen LogP contribution is -2.36. The summed E-state index contributed by atoms with van der Waals surface area (Å²) >= 11 is 0. The van der Waals surface area contributed by atoms with Crippen molar-refractivity contribution in [2.24, 2.45) is 0 Å². The normalized spacial score (nSPS) is 10.2. The van der Waals surface area contributed by atoms with E-state index in [9.17, 15) is 14.4 Å². The number of ether oxygens (including phenoxy) is 1. The molecule has 0 atom stereocenters. The average molecular weight is 368 g/mol. The second-order valence-electron chi connectivity index (χ2n) is 6.30. The summed E-state index contributed by atoms with van der Waals surface area (Å²) in [5, 5.41) is 2.82. The van der Waals surface area contributed by atoms with E-state index >= 15 is 0 Å². The topological polar surface area (TPSA) is 75.7 Å². The summed E-state index contributed by atoms with van der Waals surface area (Å²) in [5.41, 5.74) is 3.71. The van der Waals surface area contributed by atoms with Gasteiger partial charge >= 0.3 is 5.97 Å². The van der Waals surface area contributed by atoms with Crippen molar-refractivity contribution in [1.82, 2.24) is 0 Å². The maximum absolute atomic E-state index is 12.4. The van der Waals surface area contributed by atoms with Gasteiger partial charge in [-0.25, -0.2) is 4.79 Å². The second kappa shape index (κ2) is 8.98. The molecule has 27 heavy (non-hydrogen) atoms. The summed E-state index contributed by atoms with van der Waals surface area (Å²) in [7, 11) is 0. The van der Waals surface area contributed by atoms with Gasteiger partial charge in [-0.1, -0.05) is 6.07 Å². The molecule has 0 fully saturated rings. The molecular formula is C21H24N2O4. The molecule has 0 saturated heterocycles. The van der Waals surface area contributed by atoms with E-state index in [1.165, 1.54) is 11.8 Å². The molecule has 142 valence electrons. The Morgan fingerprint density at radius 1 is 1.00 bits per heavy atom. The molecule has 0 aromatic heterocycles. The number of nitrogens with one attached hydrogen (secondary N) is 1. The van der Waals surface area contributed by atoms with Crippen molar-refractivity contribution in [2.75, 3.05) is 23.4 Å². The number of nitrogens with zero attached hydrogens (tertiary/aromatic N) is 1. The van der Waals surface area contributed by atoms with E-state index < -0.39 is 5.97 Å². The van der Waals surface area contributed by atoms with Crippen LogP contribution in [-0.4, -0.2) is 30.9 Å². The minimum atomic E-state index is -0.425. The third-order valence-electron chi connectivity index (χ3n) is 3.88. The zero-order valence-electron chi connectivity index (χ0n) is 16.0. The Hall–Kier alpha value is -3.15. The predicted molar refractivity (Wildman–Crippen MR) is 105 cm³/mol. The average Bonchev–Trinajstić information content (AvgIpc) is 2.59. The Bertz CT molecular complexity index is 824. The van der Waals surface area contributed by atoms with Gasteiger partial charge < -0.3 is 15.0 Å². The van der Waals surface area contributed by atoms with Gasteiger partial charge in [-0.3, -0.25) is 9.59 Å². The van der Waals surface area contributed by atoms with Crippen LogP contribution in [0.1, 0.15) is 35.3 Å². The Balaban J connectivity index is 2.11. The van der Waals surface area contributed by atoms with Crippen molar-refractivity contribution in [2.45, 2.75) is 27.7 Å². The first-order valence-corrected chi connectivity index (χ1v) is 8.73. The molecule has 0 aliphatic rings. The zero-order valence-corrected chi connectivity index (χ0v) is 16.0. The van der Waals surface area contributed by atoms with Crippen LogP contribution in [0.25, 0.3) is 0 Å². The van der Waals surface area contributed by atoms with Crippen molar-refractivity contribution in [3.63, 3.8) is 0 Å². The molecule has 1 N–H and O–H groups in total. The number of hydrogen-bond acceptors (Lipinski definition) is 4. The summed E-state index contributed by atoms with van der Waals surface area (Å²) < 4.78 is 4.94. The first-order valence-electron chi connectivity index (χ1n) is 8.73. The van der Waals surface area contributed by atoms with Gasteiger partial charge in [-0.2, -0.15) is 0 Å². The molecule has 0 unspecified atom stereocenters. The molecule has 0 heterocycles. The molecule has 0 bridgehead atoms. The molecule has 0 spiro atoms. The number of aryl methyl sites for hydroxylation is 2. The largest absolute Gasteiger partial charge is 0.462 e. The minimum absolute atomic E-state index is 0.124. The van der Waals surface area contributed by atoms with Crippen molar-refractivity contribution in [3.05, 3.63) is 59.2 Å². The van der Waals surface area contributed by atoms with E-state index in [1.807, 2.05) is 32.0 Å². The zero-order chi connectivity index (χ0) is 20.0. The fourth-order valence-corrected chi connectivity index (χ4v) is 2.77. The lowest BCUT2D eigenvalue weighted by molar-refractivity contribution is -0.120. The molecule has 0 aliphatic carbocycles. The third-order valence-corrected chi connectivity index (χ3v) is 3.88. The number of benzene rings is 2. The lowest BCUT2D eigenvalue weighted by Gasteiger charge is -2.21. The summed E-state index contributed by atoms with van der Waals surface area (Å²) in [6, 6.07) is 12.2. The number of esters is 1. The number of rotatable bonds is 6. The van der Waals surface area contributed by atoms with Gasteiger partial charge in [0.15, 0.2) is 0 Å². The van der Waals surface area contributed by atoms with Crippen molar-refractivity contribution in [3.8, 4) is 0 Å². The number of carbonyl (C=O) groups is 3. The van der Waals surface area contributed by atoms with Crippen molar-refractivity contribution in [1.29, 1.82) is 0 Å². The van der Waals surface area contributed by atoms with Crippen LogP contribution in [0.2, 0.25) is 0 Å². The second-order valence-corrected chi connectivity index (χ2v) is 6.30. The molecule has 6 heteroatoms. The maximum Gasteiger partial charge on any atom is 0.338 e. The Morgan fingerprint density at radius 3 is 2.11 bits per heavy atom. The Kier molecular flexibility index (Phi) is 6.71. The fraction of sp³-hybridized carbons (Fsp3) is 0.286. The predicted octanol–water partition coefficient (Wildman–Crippen LogP) is 3.47. The van der Waals surface area contributed by atoms with Crippen molar-refractivity contribution >= 4 is 29.2 Å². The van der Waals surface area contributed by atoms with E-state index in [0.717, 1.165) is 11.1 Å². The highest BCUT2D eigenvalue weighted by Crippen LogP contribution is 2.18. The van der Waals surface area contributed by atoms with Crippen LogP contribution in [0.4, 0.5) is 11.4 Å². The maximum atomic E-state index is 12.4. The Morgan fingerprint density at radius 2 is 1.59 bits per heavy atom. The monoisotopic (exact) mass is 368 g/mol. The molecule has 2 aromatic rings. The summed E-state index contributed by atoms with van der Waals surface area (Å²) in [4.78, 5) is 37.5. The molecule has 6 nitrogen and oxygen atoms in total. The molecule has 0 aliphatic heterocycles. The van der Waals surface area contributed by atoms with E-state index in [-0.39, 0.29) is 18.4 Å². The van der Waals surface area contributed by atoms with Gasteiger partial charge in [0.25, 0.3) is 0 Å². The minimum Gasteiger partial charge on any atom is -0.462 e. The molecule has 2 amide bonds. The van der Waals surface area contributed by atoms with E-state index in [1.54, 1.807) is 31.2 Å². The quantitative estimate of drug-likeness (QED) is 0.792. The van der Waals surface area contributed by atoms with Crippen molar-refractivity contribution < 1.29 is 19.1 Å². The van der Waals surface area contributed by atoms with Crippen LogP contribution in [-0.2, 0) is 14.3 Å². The lowest BCUT2D eigenvalue weighted by atomic mass is 10.1. The fourth-order valence-electron chi connectivity index (χ4n) is 2.77. The van der Waals surface area contributed by atoms with Gasteiger partial charge in [-0.15, -0.1) is 0 Å². The molecular weight excluding hydrogens is 344 g/mol. The van der Waals surface area contributed by atoms with Gasteiger partial charge in [0.2, 0.25) is 11.8 Å². The van der Waals surface area contributed by atoms with E-state index in [2.05, 4.69) is 5.32 Å². The van der Waals surface area contributed by atoms with E-state index in [0.29, 0.717) is 23.5 Å². The first kappa shape index (κ1) is 20.2. The van der Waals surface area contributed by atoms with Crippen LogP contribution in [0, 0.1) is 13.8 Å². The summed E-state index contributed by atoms with van der Waals surface area (Å²) in [6.45, 7) is 7.20. The summed E-state index contributed by atoms with van der Waals surface area (Å²) in [6.07, 6.45) is 0. The third kappa shape index (κ3) is 5.67. The summed E-state index contributed by atoms with van der Waals surface area (Å²) in [5.74, 6) is -0.995. The molecule has 0 saturated carbocycles. The highest BCUT2D eigenvalue weighted by Gasteiger charge is 2.17. The SMILES string of the molecule is CCOC(=O)c1ccc(N(CC(=O)Nc2cc(C)cc(C)c2)C(C)=O)cc1. The van der Waals surface area contributed by atoms with Crippen LogP contribution in [0.15, 0.2) is 42.5 Å². The number of amides is 2. The highest BCUT2D eigenvalue weighted by molar-refractivity contribution is 6.02. The molecule has 0 radical (unpaired) electrons. The molecule has 2 rings (SSSR count). The van der Waals surface area contributed by atoms with Crippen LogP contribution < -0.4 is 10.2 Å². The number of hydrogen-bond donors (Lipinski definition) is 1. The van der Waals surface area contributed by atoms with Crippen LogP contribution in [0.3, 0.4) is 0 Å². The van der Waals surface area contributed by atoms with Gasteiger partial charge in [0.1, 0.15) is 6.54 Å². The van der Waals surface area contributed by atoms with Crippen LogP contribution in [0.5, 0.6) is 0 Å². The standard InChI is InChI=1S/C21H24N2O4/c1-5-27-21(26)17-6-8-19(9-7-17)23(16(4)24)13-20(25)22-18-11-14(2)10-15(3)12-18/h6-12H,5,13H2,1-4H3,(H,22,25). The number of anilines is 2. The molecule has 2 aromatic carbocycles. The smallest absolute Gasteiger partial charge is 0.338 e.